The molecule has 0 saturated carbocycles. The number of hydrogen-bond donors (Lipinski definition) is 1. The second-order valence-electron chi connectivity index (χ2n) is 6.45. The second kappa shape index (κ2) is 10.3. The molecule has 2 aromatic rings. The number of nitrogens with zero attached hydrogens (tertiary/aromatic N) is 1. The Balaban J connectivity index is 2.12. The number of rotatable bonds is 9. The van der Waals surface area contributed by atoms with E-state index in [1.165, 1.54) is 10.5 Å². The van der Waals surface area contributed by atoms with Crippen LogP contribution in [0.2, 0.25) is 0 Å². The van der Waals surface area contributed by atoms with Crippen LogP contribution in [0.1, 0.15) is 25.0 Å². The third-order valence-corrected chi connectivity index (χ3v) is 4.59. The van der Waals surface area contributed by atoms with Gasteiger partial charge in [-0.1, -0.05) is 31.2 Å². The van der Waals surface area contributed by atoms with Crippen molar-refractivity contribution in [1.29, 1.82) is 0 Å². The number of amides is 2. The maximum atomic E-state index is 12.9. The van der Waals surface area contributed by atoms with E-state index in [0.29, 0.717) is 11.5 Å². The Morgan fingerprint density at radius 1 is 1.07 bits per heavy atom. The van der Waals surface area contributed by atoms with Gasteiger partial charge in [-0.15, -0.1) is 0 Å². The zero-order valence-corrected chi connectivity index (χ0v) is 16.9. The van der Waals surface area contributed by atoms with Gasteiger partial charge in [-0.3, -0.25) is 9.59 Å². The molecule has 0 bridgehead atoms. The number of likely N-dealkylation sites (N-methyl/N-ethyl adjacent to an activating group) is 1. The lowest BCUT2D eigenvalue weighted by atomic mass is 10.1. The van der Waals surface area contributed by atoms with Gasteiger partial charge in [0.25, 0.3) is 5.91 Å². The molecule has 0 aliphatic carbocycles. The molecule has 0 fully saturated rings. The van der Waals surface area contributed by atoms with Crippen molar-refractivity contribution in [2.75, 3.05) is 20.8 Å². The normalized spacial score (nSPS) is 11.4. The summed E-state index contributed by atoms with van der Waals surface area (Å²) in [5.74, 6) is 0.825. The van der Waals surface area contributed by atoms with E-state index in [-0.39, 0.29) is 25.0 Å². The molecule has 28 heavy (non-hydrogen) atoms. The third kappa shape index (κ3) is 5.74. The first kappa shape index (κ1) is 21.3. The smallest absolute Gasteiger partial charge is 0.261 e. The molecule has 0 spiro atoms. The lowest BCUT2D eigenvalue weighted by Gasteiger charge is -2.28. The molecule has 1 N–H and O–H groups in total. The topological polar surface area (TPSA) is 67.9 Å². The van der Waals surface area contributed by atoms with Crippen molar-refractivity contribution in [3.8, 4) is 11.5 Å². The number of methoxy groups -OCH3 is 1. The van der Waals surface area contributed by atoms with Crippen LogP contribution in [0.15, 0.2) is 48.5 Å². The molecule has 2 rings (SSSR count). The van der Waals surface area contributed by atoms with Crippen LogP contribution < -0.4 is 14.8 Å². The minimum atomic E-state index is -0.630. The highest BCUT2D eigenvalue weighted by molar-refractivity contribution is 5.87. The van der Waals surface area contributed by atoms with Crippen LogP contribution in [-0.4, -0.2) is 43.5 Å². The van der Waals surface area contributed by atoms with E-state index >= 15 is 0 Å². The van der Waals surface area contributed by atoms with Crippen molar-refractivity contribution in [3.05, 3.63) is 59.7 Å². The zero-order chi connectivity index (χ0) is 20.5. The van der Waals surface area contributed by atoms with E-state index in [2.05, 4.69) is 12.2 Å². The van der Waals surface area contributed by atoms with Crippen molar-refractivity contribution in [1.82, 2.24) is 10.2 Å². The van der Waals surface area contributed by atoms with Gasteiger partial charge < -0.3 is 19.7 Å². The Morgan fingerprint density at radius 3 is 2.39 bits per heavy atom. The molecule has 0 heterocycles. The molecule has 0 saturated heterocycles. The zero-order valence-electron chi connectivity index (χ0n) is 16.9. The minimum absolute atomic E-state index is 0.142. The first-order valence-corrected chi connectivity index (χ1v) is 9.34. The van der Waals surface area contributed by atoms with Crippen molar-refractivity contribution in [3.63, 3.8) is 0 Å². The Morgan fingerprint density at radius 2 is 1.79 bits per heavy atom. The van der Waals surface area contributed by atoms with E-state index in [4.69, 9.17) is 9.47 Å². The highest BCUT2D eigenvalue weighted by Crippen LogP contribution is 2.17. The number of carbonyl (C=O) groups excluding carboxylic acids is 2. The summed E-state index contributed by atoms with van der Waals surface area (Å²) >= 11 is 0. The summed E-state index contributed by atoms with van der Waals surface area (Å²) in [5, 5.41) is 2.60. The summed E-state index contributed by atoms with van der Waals surface area (Å²) in [4.78, 5) is 26.5. The molecule has 0 aliphatic rings. The van der Waals surface area contributed by atoms with Gasteiger partial charge in [0.2, 0.25) is 5.91 Å². The fraction of sp³-hybridized carbons (Fsp3) is 0.364. The summed E-state index contributed by atoms with van der Waals surface area (Å²) in [5.41, 5.74) is 2.07. The predicted molar refractivity (Wildman–Crippen MR) is 108 cm³/mol. The fourth-order valence-electron chi connectivity index (χ4n) is 2.81. The minimum Gasteiger partial charge on any atom is -0.497 e. The molecule has 0 radical (unpaired) electrons. The predicted octanol–water partition coefficient (Wildman–Crippen LogP) is 2.80. The van der Waals surface area contributed by atoms with Crippen LogP contribution in [0.5, 0.6) is 11.5 Å². The summed E-state index contributed by atoms with van der Waals surface area (Å²) < 4.78 is 10.9. The Bertz CT molecular complexity index is 789. The monoisotopic (exact) mass is 384 g/mol. The van der Waals surface area contributed by atoms with Gasteiger partial charge >= 0.3 is 0 Å². The van der Waals surface area contributed by atoms with Crippen molar-refractivity contribution in [2.45, 2.75) is 32.9 Å². The van der Waals surface area contributed by atoms with Crippen LogP contribution in [0, 0.1) is 0 Å². The van der Waals surface area contributed by atoms with E-state index in [1.54, 1.807) is 21.1 Å². The van der Waals surface area contributed by atoms with Crippen LogP contribution in [0.25, 0.3) is 0 Å². The molecular formula is C22H28N2O4. The van der Waals surface area contributed by atoms with Crippen molar-refractivity contribution >= 4 is 11.8 Å². The highest BCUT2D eigenvalue weighted by atomic mass is 16.5. The average molecular weight is 384 g/mol. The van der Waals surface area contributed by atoms with Crippen LogP contribution in [0.4, 0.5) is 0 Å². The quantitative estimate of drug-likeness (QED) is 0.722. The van der Waals surface area contributed by atoms with E-state index in [0.717, 1.165) is 12.0 Å². The number of aryl methyl sites for hydroxylation is 1. The Labute approximate surface area is 166 Å². The van der Waals surface area contributed by atoms with Crippen LogP contribution in [0.3, 0.4) is 0 Å². The van der Waals surface area contributed by atoms with Gasteiger partial charge in [0.15, 0.2) is 6.61 Å². The van der Waals surface area contributed by atoms with Gasteiger partial charge in [-0.2, -0.15) is 0 Å². The summed E-state index contributed by atoms with van der Waals surface area (Å²) in [6.07, 6.45) is 0.942. The van der Waals surface area contributed by atoms with E-state index in [1.807, 2.05) is 48.5 Å². The standard InChI is InChI=1S/C22H28N2O4/c1-5-17-9-11-19(12-10-17)28-15-21(25)24(16(2)22(26)23-3)14-18-7-6-8-20(13-18)27-4/h6-13,16H,5,14-15H2,1-4H3,(H,23,26)/t16-/m0/s1. The first-order valence-electron chi connectivity index (χ1n) is 9.34. The number of carbonyl (C=O) groups is 2. The maximum absolute atomic E-state index is 12.9. The molecule has 2 amide bonds. The van der Waals surface area contributed by atoms with Gasteiger partial charge in [0.05, 0.1) is 7.11 Å². The maximum Gasteiger partial charge on any atom is 0.261 e. The van der Waals surface area contributed by atoms with Gasteiger partial charge in [-0.05, 0) is 48.7 Å². The fourth-order valence-corrected chi connectivity index (χ4v) is 2.81. The highest BCUT2D eigenvalue weighted by Gasteiger charge is 2.26. The molecular weight excluding hydrogens is 356 g/mol. The molecule has 0 aliphatic heterocycles. The lowest BCUT2D eigenvalue weighted by Crippen LogP contribution is -2.48. The van der Waals surface area contributed by atoms with E-state index in [9.17, 15) is 9.59 Å². The molecule has 6 nitrogen and oxygen atoms in total. The molecule has 2 aromatic carbocycles. The van der Waals surface area contributed by atoms with Gasteiger partial charge in [0, 0.05) is 13.6 Å². The summed E-state index contributed by atoms with van der Waals surface area (Å²) in [6, 6.07) is 14.4. The average Bonchev–Trinajstić information content (AvgIpc) is 2.75. The second-order valence-corrected chi connectivity index (χ2v) is 6.45. The first-order chi connectivity index (χ1) is 13.5. The summed E-state index contributed by atoms with van der Waals surface area (Å²) in [7, 11) is 3.14. The SMILES string of the molecule is CCc1ccc(OCC(=O)N(Cc2cccc(OC)c2)[C@@H](C)C(=O)NC)cc1. The number of ether oxygens (including phenoxy) is 2. The van der Waals surface area contributed by atoms with Crippen molar-refractivity contribution in [2.24, 2.45) is 0 Å². The number of nitrogens with one attached hydrogen (secondary N) is 1. The van der Waals surface area contributed by atoms with E-state index < -0.39 is 6.04 Å². The van der Waals surface area contributed by atoms with Gasteiger partial charge in [-0.25, -0.2) is 0 Å². The largest absolute Gasteiger partial charge is 0.497 e. The van der Waals surface area contributed by atoms with Crippen LogP contribution >= 0.6 is 0 Å². The molecule has 6 heteroatoms. The third-order valence-electron chi connectivity index (χ3n) is 4.59. The molecule has 150 valence electrons. The van der Waals surface area contributed by atoms with Crippen LogP contribution in [-0.2, 0) is 22.6 Å². The Hall–Kier alpha value is -3.02. The lowest BCUT2D eigenvalue weighted by molar-refractivity contribution is -0.142. The Kier molecular flexibility index (Phi) is 7.87. The van der Waals surface area contributed by atoms with Gasteiger partial charge in [0.1, 0.15) is 17.5 Å². The van der Waals surface area contributed by atoms with Crippen molar-refractivity contribution < 1.29 is 19.1 Å². The molecule has 0 aromatic heterocycles. The number of hydrogen-bond acceptors (Lipinski definition) is 4. The summed E-state index contributed by atoms with van der Waals surface area (Å²) in [6.45, 7) is 3.92. The number of benzene rings is 2. The molecule has 0 unspecified atom stereocenters. The molecule has 1 atom stereocenters.